The second kappa shape index (κ2) is 5.72. The van der Waals surface area contributed by atoms with Crippen LogP contribution in [0.1, 0.15) is 6.92 Å². The third-order valence-electron chi connectivity index (χ3n) is 3.54. The molecule has 1 aromatic carbocycles. The highest BCUT2D eigenvalue weighted by molar-refractivity contribution is 7.89. The molecule has 0 aliphatic carbocycles. The average molecular weight is 310 g/mol. The molecule has 114 valence electrons. The molecule has 0 amide bonds. The van der Waals surface area contributed by atoms with Crippen LogP contribution in [0.5, 0.6) is 0 Å². The van der Waals surface area contributed by atoms with E-state index < -0.39 is 10.0 Å². The van der Waals surface area contributed by atoms with E-state index in [-0.39, 0.29) is 11.3 Å². The first-order valence-corrected chi connectivity index (χ1v) is 8.33. The van der Waals surface area contributed by atoms with Gasteiger partial charge in [-0.3, -0.25) is 4.90 Å². The van der Waals surface area contributed by atoms with Gasteiger partial charge in [0.15, 0.2) is 0 Å². The zero-order valence-corrected chi connectivity index (χ0v) is 12.6. The molecule has 1 aliphatic rings. The van der Waals surface area contributed by atoms with E-state index in [1.165, 1.54) is 0 Å². The highest BCUT2D eigenvalue weighted by Gasteiger charge is 2.25. The van der Waals surface area contributed by atoms with Crippen molar-refractivity contribution in [3.63, 3.8) is 0 Å². The van der Waals surface area contributed by atoms with E-state index in [1.54, 1.807) is 12.1 Å². The standard InChI is InChI=1S/C13H18N4O3S/c1-10(17-6-8-20-9-7-17)16-21(18,19)13-14-11-4-2-3-5-12(11)15-13/h2-5,10,16H,6-9H2,1H3,(H,14,15). The summed E-state index contributed by atoms with van der Waals surface area (Å²) in [5, 5.41) is -0.0520. The van der Waals surface area contributed by atoms with Crippen LogP contribution in [0.15, 0.2) is 29.4 Å². The van der Waals surface area contributed by atoms with Crippen LogP contribution in [0.4, 0.5) is 0 Å². The number of sulfonamides is 1. The van der Waals surface area contributed by atoms with Crippen LogP contribution in [0.25, 0.3) is 11.0 Å². The Balaban J connectivity index is 1.79. The molecule has 1 fully saturated rings. The number of nitrogens with zero attached hydrogens (tertiary/aromatic N) is 2. The van der Waals surface area contributed by atoms with Crippen molar-refractivity contribution in [2.24, 2.45) is 0 Å². The number of rotatable bonds is 4. The van der Waals surface area contributed by atoms with Gasteiger partial charge in [-0.15, -0.1) is 0 Å². The topological polar surface area (TPSA) is 87.3 Å². The van der Waals surface area contributed by atoms with Crippen molar-refractivity contribution in [2.45, 2.75) is 18.2 Å². The number of hydrogen-bond donors (Lipinski definition) is 2. The maximum absolute atomic E-state index is 12.4. The lowest BCUT2D eigenvalue weighted by molar-refractivity contribution is 0.0180. The summed E-state index contributed by atoms with van der Waals surface area (Å²) in [5.74, 6) is 0. The molecule has 0 radical (unpaired) electrons. The monoisotopic (exact) mass is 310 g/mol. The summed E-state index contributed by atoms with van der Waals surface area (Å²) in [6, 6.07) is 7.23. The third-order valence-corrected chi connectivity index (χ3v) is 4.90. The predicted molar refractivity (Wildman–Crippen MR) is 78.3 cm³/mol. The summed E-state index contributed by atoms with van der Waals surface area (Å²) in [4.78, 5) is 9.00. The minimum atomic E-state index is -3.67. The minimum Gasteiger partial charge on any atom is -0.379 e. The molecule has 1 aromatic heterocycles. The smallest absolute Gasteiger partial charge is 0.275 e. The van der Waals surface area contributed by atoms with Crippen LogP contribution >= 0.6 is 0 Å². The molecule has 1 saturated heterocycles. The Kier molecular flexibility index (Phi) is 3.94. The van der Waals surface area contributed by atoms with Crippen molar-refractivity contribution < 1.29 is 13.2 Å². The number of nitrogens with one attached hydrogen (secondary N) is 2. The van der Waals surface area contributed by atoms with Gasteiger partial charge < -0.3 is 9.72 Å². The summed E-state index contributed by atoms with van der Waals surface area (Å²) in [6.07, 6.45) is -0.299. The maximum Gasteiger partial charge on any atom is 0.275 e. The van der Waals surface area contributed by atoms with E-state index in [4.69, 9.17) is 4.74 Å². The number of H-pyrrole nitrogens is 1. The summed E-state index contributed by atoms with van der Waals surface area (Å²) >= 11 is 0. The molecule has 0 spiro atoms. The summed E-state index contributed by atoms with van der Waals surface area (Å²) in [5.41, 5.74) is 1.34. The van der Waals surface area contributed by atoms with Crippen LogP contribution in [0, 0.1) is 0 Å². The van der Waals surface area contributed by atoms with Crippen molar-refractivity contribution in [2.75, 3.05) is 26.3 Å². The normalized spacial score (nSPS) is 18.9. The molecular formula is C13H18N4O3S. The number of morpholine rings is 1. The first-order chi connectivity index (χ1) is 10.1. The van der Waals surface area contributed by atoms with Gasteiger partial charge in [0.1, 0.15) is 0 Å². The summed E-state index contributed by atoms with van der Waals surface area (Å²) in [7, 11) is -3.67. The first kappa shape index (κ1) is 14.5. The molecule has 21 heavy (non-hydrogen) atoms. The quantitative estimate of drug-likeness (QED) is 0.859. The van der Waals surface area contributed by atoms with E-state index in [2.05, 4.69) is 14.7 Å². The summed E-state index contributed by atoms with van der Waals surface area (Å²) < 4.78 is 32.7. The number of para-hydroxylation sites is 2. The lowest BCUT2D eigenvalue weighted by atomic mass is 10.3. The van der Waals surface area contributed by atoms with Gasteiger partial charge in [-0.1, -0.05) is 12.1 Å². The number of aromatic amines is 1. The molecule has 0 saturated carbocycles. The van der Waals surface area contributed by atoms with Gasteiger partial charge in [-0.05, 0) is 19.1 Å². The fourth-order valence-electron chi connectivity index (χ4n) is 2.38. The van der Waals surface area contributed by atoms with Crippen LogP contribution in [-0.4, -0.2) is 55.8 Å². The molecule has 1 aliphatic heterocycles. The molecule has 8 heteroatoms. The zero-order chi connectivity index (χ0) is 14.9. The molecule has 1 unspecified atom stereocenters. The largest absolute Gasteiger partial charge is 0.379 e. The lowest BCUT2D eigenvalue weighted by Gasteiger charge is -2.32. The average Bonchev–Trinajstić information content (AvgIpc) is 2.92. The Labute approximate surface area is 123 Å². The van der Waals surface area contributed by atoms with Gasteiger partial charge in [0.2, 0.25) is 5.16 Å². The molecule has 0 bridgehead atoms. The first-order valence-electron chi connectivity index (χ1n) is 6.85. The van der Waals surface area contributed by atoms with Crippen LogP contribution in [0.2, 0.25) is 0 Å². The number of aromatic nitrogens is 2. The molecule has 1 atom stereocenters. The van der Waals surface area contributed by atoms with E-state index in [0.29, 0.717) is 37.3 Å². The van der Waals surface area contributed by atoms with Gasteiger partial charge in [-0.2, -0.15) is 4.72 Å². The zero-order valence-electron chi connectivity index (χ0n) is 11.7. The van der Waals surface area contributed by atoms with E-state index in [9.17, 15) is 8.42 Å². The van der Waals surface area contributed by atoms with Crippen LogP contribution in [0.3, 0.4) is 0 Å². The van der Waals surface area contributed by atoms with Gasteiger partial charge >= 0.3 is 0 Å². The van der Waals surface area contributed by atoms with E-state index >= 15 is 0 Å². The lowest BCUT2D eigenvalue weighted by Crippen LogP contribution is -2.50. The summed E-state index contributed by atoms with van der Waals surface area (Å²) in [6.45, 7) is 4.49. The third kappa shape index (κ3) is 3.08. The SMILES string of the molecule is CC(NS(=O)(=O)c1nc2ccccc2[nH]1)N1CCOCC1. The molecule has 2 N–H and O–H groups in total. The Morgan fingerprint density at radius 1 is 1.33 bits per heavy atom. The number of benzene rings is 1. The van der Waals surface area contributed by atoms with Gasteiger partial charge in [0.05, 0.1) is 30.4 Å². The minimum absolute atomic E-state index is 0.0520. The molecular weight excluding hydrogens is 292 g/mol. The molecule has 7 nitrogen and oxygen atoms in total. The van der Waals surface area contributed by atoms with Crippen molar-refractivity contribution in [1.29, 1.82) is 0 Å². The van der Waals surface area contributed by atoms with Gasteiger partial charge in [0, 0.05) is 13.1 Å². The Bertz CT molecular complexity index is 689. The fraction of sp³-hybridized carbons (Fsp3) is 0.462. The highest BCUT2D eigenvalue weighted by Crippen LogP contribution is 2.14. The second-order valence-corrected chi connectivity index (χ2v) is 6.63. The number of fused-ring (bicyclic) bond motifs is 1. The Morgan fingerprint density at radius 2 is 2.05 bits per heavy atom. The maximum atomic E-state index is 12.4. The Hall–Kier alpha value is -1.48. The number of ether oxygens (including phenoxy) is 1. The van der Waals surface area contributed by atoms with E-state index in [0.717, 1.165) is 0 Å². The second-order valence-electron chi connectivity index (χ2n) is 5.00. The number of hydrogen-bond acceptors (Lipinski definition) is 5. The van der Waals surface area contributed by atoms with Gasteiger partial charge in [0.25, 0.3) is 10.0 Å². The predicted octanol–water partition coefficient (Wildman–Crippen LogP) is 0.519. The van der Waals surface area contributed by atoms with Crippen molar-refractivity contribution in [3.8, 4) is 0 Å². The fourth-order valence-corrected chi connectivity index (χ4v) is 3.55. The van der Waals surface area contributed by atoms with E-state index in [1.807, 2.05) is 24.0 Å². The molecule has 2 aromatic rings. The van der Waals surface area contributed by atoms with Crippen molar-refractivity contribution in [3.05, 3.63) is 24.3 Å². The highest BCUT2D eigenvalue weighted by atomic mass is 32.2. The van der Waals surface area contributed by atoms with Crippen molar-refractivity contribution >= 4 is 21.1 Å². The van der Waals surface area contributed by atoms with Crippen LogP contribution < -0.4 is 4.72 Å². The molecule has 2 heterocycles. The number of imidazole rings is 1. The Morgan fingerprint density at radius 3 is 2.76 bits per heavy atom. The van der Waals surface area contributed by atoms with Crippen molar-refractivity contribution in [1.82, 2.24) is 19.6 Å². The van der Waals surface area contributed by atoms with Gasteiger partial charge in [-0.25, -0.2) is 13.4 Å². The van der Waals surface area contributed by atoms with Crippen LogP contribution in [-0.2, 0) is 14.8 Å². The molecule has 3 rings (SSSR count).